The lowest BCUT2D eigenvalue weighted by atomic mass is 10.0. The molecule has 150 valence electrons. The summed E-state index contributed by atoms with van der Waals surface area (Å²) in [5.41, 5.74) is 4.05. The molecular formula is C20H23N7O2. The lowest BCUT2D eigenvalue weighted by Crippen LogP contribution is -2.40. The highest BCUT2D eigenvalue weighted by molar-refractivity contribution is 6.05. The third kappa shape index (κ3) is 3.39. The number of hydrogen-bond acceptors (Lipinski definition) is 5. The molecule has 1 atom stereocenters. The van der Waals surface area contributed by atoms with Crippen molar-refractivity contribution in [1.29, 1.82) is 0 Å². The molecule has 3 aromatic rings. The molecule has 1 aliphatic heterocycles. The third-order valence-corrected chi connectivity index (χ3v) is 5.28. The first kappa shape index (κ1) is 18.9. The van der Waals surface area contributed by atoms with Gasteiger partial charge in [-0.05, 0) is 26.3 Å². The van der Waals surface area contributed by atoms with Crippen LogP contribution in [0.25, 0.3) is 0 Å². The number of nitrogens with one attached hydrogen (secondary N) is 2. The van der Waals surface area contributed by atoms with Crippen molar-refractivity contribution in [3.63, 3.8) is 0 Å². The van der Waals surface area contributed by atoms with Gasteiger partial charge in [0.25, 0.3) is 11.8 Å². The smallest absolute Gasteiger partial charge is 0.274 e. The van der Waals surface area contributed by atoms with Crippen LogP contribution in [0.5, 0.6) is 0 Å². The zero-order valence-electron chi connectivity index (χ0n) is 16.6. The van der Waals surface area contributed by atoms with Crippen molar-refractivity contribution in [2.24, 2.45) is 0 Å². The molecule has 0 fully saturated rings. The molecule has 0 spiro atoms. The zero-order chi connectivity index (χ0) is 20.5. The van der Waals surface area contributed by atoms with E-state index in [0.29, 0.717) is 13.1 Å². The predicted octanol–water partition coefficient (Wildman–Crippen LogP) is 1.53. The number of aromatic nitrogens is 5. The summed E-state index contributed by atoms with van der Waals surface area (Å²) >= 11 is 0. The van der Waals surface area contributed by atoms with Crippen molar-refractivity contribution in [2.75, 3.05) is 0 Å². The topological polar surface area (TPSA) is 107 Å². The second kappa shape index (κ2) is 7.50. The molecule has 0 saturated heterocycles. The molecule has 0 aliphatic carbocycles. The van der Waals surface area contributed by atoms with Crippen molar-refractivity contribution < 1.29 is 9.59 Å². The molecule has 2 amide bonds. The molecule has 0 bridgehead atoms. The highest BCUT2D eigenvalue weighted by Crippen LogP contribution is 2.22. The summed E-state index contributed by atoms with van der Waals surface area (Å²) in [4.78, 5) is 25.4. The Morgan fingerprint density at radius 1 is 1.28 bits per heavy atom. The second-order valence-electron chi connectivity index (χ2n) is 7.05. The van der Waals surface area contributed by atoms with Gasteiger partial charge in [0.15, 0.2) is 11.4 Å². The summed E-state index contributed by atoms with van der Waals surface area (Å²) in [5, 5.41) is 18.3. The monoisotopic (exact) mass is 393 g/mol. The molecular weight excluding hydrogens is 370 g/mol. The van der Waals surface area contributed by atoms with Crippen LogP contribution in [0.4, 0.5) is 0 Å². The van der Waals surface area contributed by atoms with Gasteiger partial charge in [-0.1, -0.05) is 35.5 Å². The summed E-state index contributed by atoms with van der Waals surface area (Å²) in [7, 11) is 0. The van der Waals surface area contributed by atoms with E-state index in [-0.39, 0.29) is 23.3 Å². The Morgan fingerprint density at radius 2 is 2.03 bits per heavy atom. The quantitative estimate of drug-likeness (QED) is 0.684. The number of amides is 2. The minimum absolute atomic E-state index is 0.0344. The summed E-state index contributed by atoms with van der Waals surface area (Å²) < 4.78 is 3.39. The summed E-state index contributed by atoms with van der Waals surface area (Å²) in [6.07, 6.45) is 0. The van der Waals surface area contributed by atoms with Gasteiger partial charge in [-0.15, -0.1) is 5.10 Å². The van der Waals surface area contributed by atoms with E-state index in [1.54, 1.807) is 0 Å². The molecule has 9 nitrogen and oxygen atoms in total. The molecule has 4 rings (SSSR count). The van der Waals surface area contributed by atoms with E-state index in [1.807, 2.05) is 55.8 Å². The van der Waals surface area contributed by atoms with E-state index in [9.17, 15) is 9.59 Å². The number of benzene rings is 1. The van der Waals surface area contributed by atoms with Crippen molar-refractivity contribution in [1.82, 2.24) is 35.4 Å². The standard InChI is InChI=1S/C20H23N7O2/c1-4-26-13(3)15(12(2)24-26)10-21-19(28)17-18-20(29)22-16(11-27(18)25-23-17)14-8-6-5-7-9-14/h5-9,16H,4,10-11H2,1-3H3,(H,21,28)(H,22,29)/t16-/m1/s1. The predicted molar refractivity (Wildman–Crippen MR) is 105 cm³/mol. The van der Waals surface area contributed by atoms with Crippen LogP contribution in [0.1, 0.15) is 56.5 Å². The zero-order valence-corrected chi connectivity index (χ0v) is 16.6. The van der Waals surface area contributed by atoms with Crippen LogP contribution in [0.15, 0.2) is 30.3 Å². The van der Waals surface area contributed by atoms with Crippen molar-refractivity contribution in [2.45, 2.75) is 46.4 Å². The molecule has 3 heterocycles. The average molecular weight is 393 g/mol. The highest BCUT2D eigenvalue weighted by Gasteiger charge is 2.32. The number of nitrogens with zero attached hydrogens (tertiary/aromatic N) is 5. The van der Waals surface area contributed by atoms with Gasteiger partial charge in [0.2, 0.25) is 0 Å². The normalized spacial score (nSPS) is 15.7. The second-order valence-corrected chi connectivity index (χ2v) is 7.05. The number of hydrogen-bond donors (Lipinski definition) is 2. The van der Waals surface area contributed by atoms with Gasteiger partial charge in [0.05, 0.1) is 18.3 Å². The van der Waals surface area contributed by atoms with Gasteiger partial charge in [-0.25, -0.2) is 4.68 Å². The average Bonchev–Trinajstić information content (AvgIpc) is 3.28. The highest BCUT2D eigenvalue weighted by atomic mass is 16.2. The summed E-state index contributed by atoms with van der Waals surface area (Å²) in [6, 6.07) is 9.44. The van der Waals surface area contributed by atoms with Crippen LogP contribution in [-0.2, 0) is 19.6 Å². The Labute approximate surface area is 168 Å². The van der Waals surface area contributed by atoms with E-state index in [4.69, 9.17) is 0 Å². The maximum absolute atomic E-state index is 12.7. The fourth-order valence-electron chi connectivity index (χ4n) is 3.69. The largest absolute Gasteiger partial charge is 0.346 e. The summed E-state index contributed by atoms with van der Waals surface area (Å²) in [6.45, 7) is 7.41. The maximum Gasteiger partial charge on any atom is 0.274 e. The first-order chi connectivity index (χ1) is 14.0. The minimum Gasteiger partial charge on any atom is -0.346 e. The van der Waals surface area contributed by atoms with Gasteiger partial charge in [0.1, 0.15) is 0 Å². The molecule has 2 N–H and O–H groups in total. The van der Waals surface area contributed by atoms with Gasteiger partial charge in [-0.2, -0.15) is 5.10 Å². The molecule has 1 aromatic carbocycles. The lowest BCUT2D eigenvalue weighted by Gasteiger charge is -2.24. The number of fused-ring (bicyclic) bond motifs is 1. The van der Waals surface area contributed by atoms with E-state index in [0.717, 1.165) is 29.1 Å². The lowest BCUT2D eigenvalue weighted by molar-refractivity contribution is 0.0876. The Balaban J connectivity index is 1.51. The van der Waals surface area contributed by atoms with E-state index < -0.39 is 5.91 Å². The molecule has 0 unspecified atom stereocenters. The SMILES string of the molecule is CCn1nc(C)c(CNC(=O)c2nnn3c2C(=O)N[C@@H](c2ccccc2)C3)c1C. The number of rotatable bonds is 5. The van der Waals surface area contributed by atoms with Crippen molar-refractivity contribution in [3.8, 4) is 0 Å². The van der Waals surface area contributed by atoms with Gasteiger partial charge >= 0.3 is 0 Å². The fraction of sp³-hybridized carbons (Fsp3) is 0.350. The van der Waals surface area contributed by atoms with Gasteiger partial charge in [-0.3, -0.25) is 14.3 Å². The Morgan fingerprint density at radius 3 is 2.72 bits per heavy atom. The van der Waals surface area contributed by atoms with Gasteiger partial charge in [0, 0.05) is 24.3 Å². The number of aryl methyl sites for hydroxylation is 2. The van der Waals surface area contributed by atoms with Crippen LogP contribution < -0.4 is 10.6 Å². The Hall–Kier alpha value is -3.49. The number of carbonyl (C=O) groups excluding carboxylic acids is 2. The van der Waals surface area contributed by atoms with Crippen LogP contribution in [-0.4, -0.2) is 36.6 Å². The molecule has 0 radical (unpaired) electrons. The summed E-state index contributed by atoms with van der Waals surface area (Å²) in [5.74, 6) is -0.783. The van der Waals surface area contributed by atoms with Crippen LogP contribution >= 0.6 is 0 Å². The van der Waals surface area contributed by atoms with E-state index in [1.165, 1.54) is 4.68 Å². The Bertz CT molecular complexity index is 1070. The molecule has 0 saturated carbocycles. The molecule has 29 heavy (non-hydrogen) atoms. The third-order valence-electron chi connectivity index (χ3n) is 5.28. The van der Waals surface area contributed by atoms with Crippen LogP contribution in [0, 0.1) is 13.8 Å². The van der Waals surface area contributed by atoms with Crippen LogP contribution in [0.3, 0.4) is 0 Å². The fourth-order valence-corrected chi connectivity index (χ4v) is 3.69. The molecule has 9 heteroatoms. The van der Waals surface area contributed by atoms with Gasteiger partial charge < -0.3 is 10.6 Å². The molecule has 1 aliphatic rings. The van der Waals surface area contributed by atoms with E-state index in [2.05, 4.69) is 26.0 Å². The van der Waals surface area contributed by atoms with Crippen molar-refractivity contribution >= 4 is 11.8 Å². The first-order valence-corrected chi connectivity index (χ1v) is 9.60. The maximum atomic E-state index is 12.7. The molecule has 2 aromatic heterocycles. The Kier molecular flexibility index (Phi) is 4.87. The van der Waals surface area contributed by atoms with E-state index >= 15 is 0 Å². The first-order valence-electron chi connectivity index (χ1n) is 9.60. The van der Waals surface area contributed by atoms with Crippen LogP contribution in [0.2, 0.25) is 0 Å². The van der Waals surface area contributed by atoms with Crippen molar-refractivity contribution in [3.05, 3.63) is 64.2 Å². The minimum atomic E-state index is -0.428. The number of carbonyl (C=O) groups is 2.